The molecule has 0 amide bonds. The Kier molecular flexibility index (Phi) is 6.77. The van der Waals surface area contributed by atoms with Crippen LogP contribution < -0.4 is 5.32 Å². The molecule has 19 heavy (non-hydrogen) atoms. The first-order chi connectivity index (χ1) is 8.79. The lowest BCUT2D eigenvalue weighted by molar-refractivity contribution is 0.233. The zero-order valence-corrected chi connectivity index (χ0v) is 13.7. The van der Waals surface area contributed by atoms with Crippen LogP contribution >= 0.6 is 0 Å². The molecular weight excluding hydrogens is 260 g/mol. The molecule has 2 unspecified atom stereocenters. The zero-order chi connectivity index (χ0) is 14.5. The lowest BCUT2D eigenvalue weighted by atomic mass is 9.90. The van der Waals surface area contributed by atoms with Crippen LogP contribution in [0.1, 0.15) is 40.0 Å². The third-order valence-corrected chi connectivity index (χ3v) is 5.00. The first kappa shape index (κ1) is 16.9. The van der Waals surface area contributed by atoms with Gasteiger partial charge in [0, 0.05) is 13.1 Å². The third kappa shape index (κ3) is 6.72. The fourth-order valence-electron chi connectivity index (χ4n) is 2.79. The van der Waals surface area contributed by atoms with E-state index in [-0.39, 0.29) is 0 Å². The van der Waals surface area contributed by atoms with Gasteiger partial charge in [-0.05, 0) is 50.1 Å². The van der Waals surface area contributed by atoms with Gasteiger partial charge in [-0.3, -0.25) is 0 Å². The van der Waals surface area contributed by atoms with Gasteiger partial charge in [-0.1, -0.05) is 20.8 Å². The first-order valence-electron chi connectivity index (χ1n) is 7.45. The summed E-state index contributed by atoms with van der Waals surface area (Å²) in [4.78, 5) is 0. The molecule has 0 spiro atoms. The van der Waals surface area contributed by atoms with Crippen LogP contribution in [0.25, 0.3) is 0 Å². The molecule has 2 atom stereocenters. The third-order valence-electron chi connectivity index (χ3n) is 3.73. The second-order valence-electron chi connectivity index (χ2n) is 6.52. The monoisotopic (exact) mass is 290 g/mol. The van der Waals surface area contributed by atoms with Gasteiger partial charge in [0.15, 0.2) is 0 Å². The van der Waals surface area contributed by atoms with Crippen LogP contribution in [0, 0.1) is 17.8 Å². The summed E-state index contributed by atoms with van der Waals surface area (Å²) in [5.41, 5.74) is 0. The highest BCUT2D eigenvalue weighted by Gasteiger charge is 2.26. The van der Waals surface area contributed by atoms with Crippen molar-refractivity contribution in [2.75, 3.05) is 32.4 Å². The summed E-state index contributed by atoms with van der Waals surface area (Å²) in [6, 6.07) is 0. The van der Waals surface area contributed by atoms with E-state index < -0.39 is 10.0 Å². The number of nitrogens with one attached hydrogen (secondary N) is 1. The van der Waals surface area contributed by atoms with Crippen LogP contribution in [-0.4, -0.2) is 45.2 Å². The molecule has 5 heteroatoms. The molecule has 114 valence electrons. The van der Waals surface area contributed by atoms with E-state index >= 15 is 0 Å². The molecule has 1 N–H and O–H groups in total. The molecule has 0 aromatic rings. The van der Waals surface area contributed by atoms with Gasteiger partial charge in [0.25, 0.3) is 0 Å². The molecule has 0 radical (unpaired) electrons. The van der Waals surface area contributed by atoms with Crippen LogP contribution in [0.5, 0.6) is 0 Å². The summed E-state index contributed by atoms with van der Waals surface area (Å²) in [7, 11) is -3.01. The number of hydrogen-bond acceptors (Lipinski definition) is 3. The maximum Gasteiger partial charge on any atom is 0.211 e. The summed E-state index contributed by atoms with van der Waals surface area (Å²) >= 11 is 0. The number of nitrogens with zero attached hydrogens (tertiary/aromatic N) is 1. The lowest BCUT2D eigenvalue weighted by Crippen LogP contribution is -2.40. The molecule has 1 saturated heterocycles. The van der Waals surface area contributed by atoms with Gasteiger partial charge in [-0.25, -0.2) is 12.7 Å². The van der Waals surface area contributed by atoms with Crippen LogP contribution in [-0.2, 0) is 10.0 Å². The Balaban J connectivity index is 2.32. The second-order valence-corrected chi connectivity index (χ2v) is 8.50. The van der Waals surface area contributed by atoms with Crippen LogP contribution in [0.3, 0.4) is 0 Å². The fraction of sp³-hybridized carbons (Fsp3) is 1.00. The van der Waals surface area contributed by atoms with E-state index in [9.17, 15) is 8.42 Å². The molecule has 1 rings (SSSR count). The average Bonchev–Trinajstić information content (AvgIpc) is 2.27. The Morgan fingerprint density at radius 2 is 1.95 bits per heavy atom. The minimum atomic E-state index is -3.01. The maximum absolute atomic E-state index is 11.6. The molecular formula is C14H30N2O2S. The number of hydrogen-bond donors (Lipinski definition) is 1. The van der Waals surface area contributed by atoms with Gasteiger partial charge in [0.1, 0.15) is 0 Å². The summed E-state index contributed by atoms with van der Waals surface area (Å²) in [5.74, 6) is 1.82. The summed E-state index contributed by atoms with van der Waals surface area (Å²) < 4.78 is 24.8. The summed E-state index contributed by atoms with van der Waals surface area (Å²) in [6.45, 7) is 10.2. The maximum atomic E-state index is 11.6. The Morgan fingerprint density at radius 1 is 1.26 bits per heavy atom. The normalized spacial score (nSPS) is 23.7. The van der Waals surface area contributed by atoms with Crippen LogP contribution in [0.4, 0.5) is 0 Å². The summed E-state index contributed by atoms with van der Waals surface area (Å²) in [5, 5.41) is 3.48. The van der Waals surface area contributed by atoms with Crippen molar-refractivity contribution in [1.29, 1.82) is 0 Å². The molecule has 1 aliphatic heterocycles. The molecule has 0 bridgehead atoms. The van der Waals surface area contributed by atoms with Crippen molar-refractivity contribution in [2.45, 2.75) is 40.0 Å². The molecule has 0 aliphatic carbocycles. The van der Waals surface area contributed by atoms with E-state index in [1.165, 1.54) is 12.7 Å². The molecule has 1 fully saturated rings. The van der Waals surface area contributed by atoms with Gasteiger partial charge in [-0.15, -0.1) is 0 Å². The van der Waals surface area contributed by atoms with Gasteiger partial charge >= 0.3 is 0 Å². The highest BCUT2D eigenvalue weighted by atomic mass is 32.2. The quantitative estimate of drug-likeness (QED) is 0.779. The Bertz CT molecular complexity index is 354. The predicted octanol–water partition coefficient (Wildman–Crippen LogP) is 1.93. The van der Waals surface area contributed by atoms with E-state index in [1.54, 1.807) is 4.31 Å². The zero-order valence-electron chi connectivity index (χ0n) is 12.9. The van der Waals surface area contributed by atoms with Crippen molar-refractivity contribution >= 4 is 10.0 Å². The Labute approximate surface area is 119 Å². The Morgan fingerprint density at radius 3 is 2.53 bits per heavy atom. The Hall–Kier alpha value is -0.130. The highest BCUT2D eigenvalue weighted by molar-refractivity contribution is 7.88. The van der Waals surface area contributed by atoms with Crippen molar-refractivity contribution in [3.05, 3.63) is 0 Å². The van der Waals surface area contributed by atoms with Crippen LogP contribution in [0.15, 0.2) is 0 Å². The first-order valence-corrected chi connectivity index (χ1v) is 9.29. The topological polar surface area (TPSA) is 49.4 Å². The smallest absolute Gasteiger partial charge is 0.211 e. The lowest BCUT2D eigenvalue weighted by Gasteiger charge is -2.32. The largest absolute Gasteiger partial charge is 0.316 e. The number of sulfonamides is 1. The average molecular weight is 290 g/mol. The van der Waals surface area contributed by atoms with Gasteiger partial charge < -0.3 is 5.32 Å². The standard InChI is InChI=1S/C14H30N2O2S/c1-12(2)9-15-10-13(3)8-14-6-5-7-16(11-14)19(4,17)18/h12-15H,5-11H2,1-4H3. The predicted molar refractivity (Wildman–Crippen MR) is 80.6 cm³/mol. The van der Waals surface area contributed by atoms with Gasteiger partial charge in [-0.2, -0.15) is 0 Å². The van der Waals surface area contributed by atoms with E-state index in [2.05, 4.69) is 26.1 Å². The fourth-order valence-corrected chi connectivity index (χ4v) is 3.73. The minimum Gasteiger partial charge on any atom is -0.316 e. The molecule has 4 nitrogen and oxygen atoms in total. The minimum absolute atomic E-state index is 0.527. The van der Waals surface area contributed by atoms with E-state index in [0.29, 0.717) is 30.8 Å². The van der Waals surface area contributed by atoms with Crippen molar-refractivity contribution in [2.24, 2.45) is 17.8 Å². The second kappa shape index (κ2) is 7.60. The van der Waals surface area contributed by atoms with E-state index in [1.807, 2.05) is 0 Å². The number of rotatable bonds is 7. The molecule has 0 aromatic carbocycles. The highest BCUT2D eigenvalue weighted by Crippen LogP contribution is 2.24. The SMILES string of the molecule is CC(C)CNCC(C)CC1CCCN(S(C)(=O)=O)C1. The van der Waals surface area contributed by atoms with Crippen molar-refractivity contribution < 1.29 is 8.42 Å². The van der Waals surface area contributed by atoms with E-state index in [4.69, 9.17) is 0 Å². The van der Waals surface area contributed by atoms with Crippen molar-refractivity contribution in [3.63, 3.8) is 0 Å². The van der Waals surface area contributed by atoms with Crippen molar-refractivity contribution in [3.8, 4) is 0 Å². The van der Waals surface area contributed by atoms with Crippen LogP contribution in [0.2, 0.25) is 0 Å². The summed E-state index contributed by atoms with van der Waals surface area (Å²) in [6.07, 6.45) is 4.62. The molecule has 1 aliphatic rings. The van der Waals surface area contributed by atoms with Gasteiger partial charge in [0.2, 0.25) is 10.0 Å². The van der Waals surface area contributed by atoms with Crippen molar-refractivity contribution in [1.82, 2.24) is 9.62 Å². The number of piperidine rings is 1. The van der Waals surface area contributed by atoms with E-state index in [0.717, 1.165) is 25.9 Å². The molecule has 0 saturated carbocycles. The molecule has 1 heterocycles. The van der Waals surface area contributed by atoms with Gasteiger partial charge in [0.05, 0.1) is 6.26 Å². The molecule has 0 aromatic heterocycles.